The molecular formula is C26H27ClF2N2O2. The van der Waals surface area contributed by atoms with Crippen LogP contribution in [0, 0.1) is 11.6 Å². The van der Waals surface area contributed by atoms with Crippen molar-refractivity contribution in [1.82, 2.24) is 4.90 Å². The van der Waals surface area contributed by atoms with Gasteiger partial charge in [0.25, 0.3) is 0 Å². The minimum absolute atomic E-state index is 0.168. The molecular weight excluding hydrogens is 446 g/mol. The van der Waals surface area contributed by atoms with Crippen LogP contribution in [0.2, 0.25) is 5.02 Å². The fourth-order valence-corrected chi connectivity index (χ4v) is 4.35. The molecule has 0 radical (unpaired) electrons. The topological polar surface area (TPSA) is 24.9 Å². The van der Waals surface area contributed by atoms with Crippen LogP contribution < -0.4 is 14.4 Å². The molecule has 4 rings (SSSR count). The number of halogens is 3. The summed E-state index contributed by atoms with van der Waals surface area (Å²) in [6.07, 6.45) is 0.0324. The Morgan fingerprint density at radius 2 is 1.64 bits per heavy atom. The number of piperazine rings is 1. The molecule has 4 nitrogen and oxygen atoms in total. The quantitative estimate of drug-likeness (QED) is 0.404. The molecule has 1 unspecified atom stereocenters. The largest absolute Gasteiger partial charge is 0.495 e. The molecule has 3 aromatic rings. The van der Waals surface area contributed by atoms with E-state index in [1.807, 2.05) is 18.2 Å². The van der Waals surface area contributed by atoms with Crippen LogP contribution in [0.4, 0.5) is 14.5 Å². The van der Waals surface area contributed by atoms with Gasteiger partial charge in [-0.2, -0.15) is 0 Å². The Labute approximate surface area is 198 Å². The molecule has 0 aliphatic carbocycles. The second-order valence-electron chi connectivity index (χ2n) is 7.99. The molecule has 1 atom stereocenters. The van der Waals surface area contributed by atoms with Gasteiger partial charge in [0.1, 0.15) is 29.2 Å². The third-order valence-electron chi connectivity index (χ3n) is 5.92. The Kier molecular flexibility index (Phi) is 7.68. The van der Waals surface area contributed by atoms with Gasteiger partial charge in [-0.3, -0.25) is 4.90 Å². The van der Waals surface area contributed by atoms with Gasteiger partial charge in [-0.15, -0.1) is 0 Å². The minimum atomic E-state index is -0.540. The maximum Gasteiger partial charge on any atom is 0.142 e. The summed E-state index contributed by atoms with van der Waals surface area (Å²) in [5.74, 6) is 0.437. The van der Waals surface area contributed by atoms with Crippen molar-refractivity contribution in [1.29, 1.82) is 0 Å². The number of nitrogens with zero attached hydrogens (tertiary/aromatic N) is 2. The number of hydrogen-bond donors (Lipinski definition) is 0. The number of hydrogen-bond acceptors (Lipinski definition) is 4. The van der Waals surface area contributed by atoms with Gasteiger partial charge >= 0.3 is 0 Å². The molecule has 0 aromatic heterocycles. The Hall–Kier alpha value is -2.83. The van der Waals surface area contributed by atoms with E-state index in [1.54, 1.807) is 25.3 Å². The van der Waals surface area contributed by atoms with Gasteiger partial charge in [-0.1, -0.05) is 41.9 Å². The molecule has 1 aliphatic rings. The van der Waals surface area contributed by atoms with E-state index < -0.39 is 11.9 Å². The van der Waals surface area contributed by atoms with Gasteiger partial charge in [0.05, 0.1) is 17.8 Å². The summed E-state index contributed by atoms with van der Waals surface area (Å²) >= 11 is 6.16. The highest BCUT2D eigenvalue weighted by molar-refractivity contribution is 6.32. The average Bonchev–Trinajstić information content (AvgIpc) is 2.84. The van der Waals surface area contributed by atoms with Crippen molar-refractivity contribution < 1.29 is 18.3 Å². The van der Waals surface area contributed by atoms with E-state index >= 15 is 0 Å². The number of anilines is 1. The molecule has 7 heteroatoms. The van der Waals surface area contributed by atoms with Crippen molar-refractivity contribution in [3.63, 3.8) is 0 Å². The number of benzene rings is 3. The maximum atomic E-state index is 14.6. The zero-order valence-corrected chi connectivity index (χ0v) is 19.3. The van der Waals surface area contributed by atoms with E-state index in [0.717, 1.165) is 44.2 Å². The van der Waals surface area contributed by atoms with Crippen LogP contribution >= 0.6 is 11.6 Å². The molecule has 0 bridgehead atoms. The molecule has 3 aromatic carbocycles. The van der Waals surface area contributed by atoms with Crippen molar-refractivity contribution in [2.75, 3.05) is 44.7 Å². The standard InChI is InChI=1S/C26H27ClF2N2O2/c1-32-26-9-5-4-8-23(26)31-16-14-30(15-17-31)13-12-24(20-6-2-3-7-22(20)29)33-25-11-10-19(28)18-21(25)27/h2-11,18,24H,12-17H2,1H3. The zero-order chi connectivity index (χ0) is 23.2. The van der Waals surface area contributed by atoms with Crippen LogP contribution in [0.25, 0.3) is 0 Å². The first-order chi connectivity index (χ1) is 16.0. The van der Waals surface area contributed by atoms with Crippen LogP contribution in [0.15, 0.2) is 66.7 Å². The summed E-state index contributed by atoms with van der Waals surface area (Å²) in [7, 11) is 1.69. The lowest BCUT2D eigenvalue weighted by Crippen LogP contribution is -2.47. The second kappa shape index (κ2) is 10.9. The fraction of sp³-hybridized carbons (Fsp3) is 0.308. The molecule has 33 heavy (non-hydrogen) atoms. The Balaban J connectivity index is 1.42. The fourth-order valence-electron chi connectivity index (χ4n) is 4.14. The predicted octanol–water partition coefficient (Wildman–Crippen LogP) is 5.96. The van der Waals surface area contributed by atoms with Crippen molar-refractivity contribution >= 4 is 17.3 Å². The molecule has 1 aliphatic heterocycles. The van der Waals surface area contributed by atoms with Crippen LogP contribution in [0.5, 0.6) is 11.5 Å². The lowest BCUT2D eigenvalue weighted by atomic mass is 10.0. The number of methoxy groups -OCH3 is 1. The number of ether oxygens (including phenoxy) is 2. The van der Waals surface area contributed by atoms with E-state index in [4.69, 9.17) is 21.1 Å². The molecule has 1 heterocycles. The van der Waals surface area contributed by atoms with Gasteiger partial charge < -0.3 is 14.4 Å². The molecule has 1 saturated heterocycles. The first-order valence-electron chi connectivity index (χ1n) is 11.0. The lowest BCUT2D eigenvalue weighted by molar-refractivity contribution is 0.157. The zero-order valence-electron chi connectivity index (χ0n) is 18.5. The number of para-hydroxylation sites is 2. The van der Waals surface area contributed by atoms with E-state index in [2.05, 4.69) is 15.9 Å². The summed E-state index contributed by atoms with van der Waals surface area (Å²) in [4.78, 5) is 4.66. The summed E-state index contributed by atoms with van der Waals surface area (Å²) in [5.41, 5.74) is 1.56. The molecule has 1 fully saturated rings. The lowest BCUT2D eigenvalue weighted by Gasteiger charge is -2.37. The van der Waals surface area contributed by atoms with Gasteiger partial charge in [0.2, 0.25) is 0 Å². The molecule has 0 amide bonds. The Morgan fingerprint density at radius 3 is 2.36 bits per heavy atom. The van der Waals surface area contributed by atoms with E-state index in [1.165, 1.54) is 24.3 Å². The summed E-state index contributed by atoms with van der Waals surface area (Å²) in [5, 5.41) is 0.168. The van der Waals surface area contributed by atoms with Crippen molar-refractivity contribution in [2.24, 2.45) is 0 Å². The van der Waals surface area contributed by atoms with Crippen LogP contribution in [0.3, 0.4) is 0 Å². The Morgan fingerprint density at radius 1 is 0.909 bits per heavy atom. The predicted molar refractivity (Wildman–Crippen MR) is 127 cm³/mol. The monoisotopic (exact) mass is 472 g/mol. The Bertz CT molecular complexity index is 1070. The molecule has 174 valence electrons. The highest BCUT2D eigenvalue weighted by atomic mass is 35.5. The number of rotatable bonds is 8. The first-order valence-corrected chi connectivity index (χ1v) is 11.4. The molecule has 0 N–H and O–H groups in total. The van der Waals surface area contributed by atoms with Gasteiger partial charge in [0, 0.05) is 44.7 Å². The van der Waals surface area contributed by atoms with Crippen LogP contribution in [-0.2, 0) is 0 Å². The van der Waals surface area contributed by atoms with E-state index in [0.29, 0.717) is 17.7 Å². The molecule has 0 spiro atoms. The summed E-state index contributed by atoms with van der Waals surface area (Å²) in [6, 6.07) is 18.6. The average molecular weight is 473 g/mol. The normalized spacial score (nSPS) is 15.3. The van der Waals surface area contributed by atoms with Crippen molar-refractivity contribution in [2.45, 2.75) is 12.5 Å². The van der Waals surface area contributed by atoms with Gasteiger partial charge in [-0.25, -0.2) is 8.78 Å². The summed E-state index contributed by atoms with van der Waals surface area (Å²) in [6.45, 7) is 4.22. The second-order valence-corrected chi connectivity index (χ2v) is 8.40. The third kappa shape index (κ3) is 5.75. The van der Waals surface area contributed by atoms with Crippen molar-refractivity contribution in [3.8, 4) is 11.5 Å². The highest BCUT2D eigenvalue weighted by Gasteiger charge is 2.23. The highest BCUT2D eigenvalue weighted by Crippen LogP contribution is 2.33. The van der Waals surface area contributed by atoms with Gasteiger partial charge in [0.15, 0.2) is 0 Å². The van der Waals surface area contributed by atoms with Crippen LogP contribution in [-0.4, -0.2) is 44.7 Å². The SMILES string of the molecule is COc1ccccc1N1CCN(CCC(Oc2ccc(F)cc2Cl)c2ccccc2F)CC1. The van der Waals surface area contributed by atoms with Crippen LogP contribution in [0.1, 0.15) is 18.1 Å². The van der Waals surface area contributed by atoms with E-state index in [-0.39, 0.29) is 10.8 Å². The maximum absolute atomic E-state index is 14.6. The first kappa shape index (κ1) is 23.3. The minimum Gasteiger partial charge on any atom is -0.495 e. The van der Waals surface area contributed by atoms with Crippen molar-refractivity contribution in [3.05, 3.63) is 89.0 Å². The van der Waals surface area contributed by atoms with Gasteiger partial charge in [-0.05, 0) is 36.4 Å². The third-order valence-corrected chi connectivity index (χ3v) is 6.22. The summed E-state index contributed by atoms with van der Waals surface area (Å²) < 4.78 is 39.6. The van der Waals surface area contributed by atoms with E-state index in [9.17, 15) is 8.78 Å². The smallest absolute Gasteiger partial charge is 0.142 e. The molecule has 0 saturated carbocycles.